The summed E-state index contributed by atoms with van der Waals surface area (Å²) in [5, 5.41) is 9.83. The number of halogens is 1. The summed E-state index contributed by atoms with van der Waals surface area (Å²) in [4.78, 5) is 10.9. The average Bonchev–Trinajstić information content (AvgIpc) is 2.17. The van der Waals surface area contributed by atoms with Crippen molar-refractivity contribution >= 4 is 23.2 Å². The monoisotopic (exact) mass is 199 g/mol. The van der Waals surface area contributed by atoms with Crippen molar-refractivity contribution < 1.29 is 10.0 Å². The molecule has 0 heterocycles. The molecule has 13 heavy (non-hydrogen) atoms. The van der Waals surface area contributed by atoms with Crippen molar-refractivity contribution in [3.8, 4) is 0 Å². The van der Waals surface area contributed by atoms with Crippen LogP contribution < -0.4 is 5.06 Å². The molecule has 70 valence electrons. The van der Waals surface area contributed by atoms with Gasteiger partial charge in [0.15, 0.2) is 0 Å². The molecule has 0 unspecified atom stereocenters. The number of nitrogens with zero attached hydrogens (tertiary/aromatic N) is 1. The van der Waals surface area contributed by atoms with Crippen LogP contribution in [0.5, 0.6) is 0 Å². The minimum atomic E-state index is -0.537. The molecule has 1 rings (SSSR count). The van der Waals surface area contributed by atoms with Crippen LogP contribution in [0.3, 0.4) is 0 Å². The fraction of sp³-hybridized carbons (Fsp3) is 0.222. The van der Waals surface area contributed by atoms with Crippen LogP contribution in [-0.2, 0) is 4.79 Å². The van der Waals surface area contributed by atoms with E-state index in [0.717, 1.165) is 5.56 Å². The van der Waals surface area contributed by atoms with Crippen LogP contribution in [0.15, 0.2) is 24.3 Å². The molecule has 0 fully saturated rings. The molecule has 0 aliphatic rings. The number of anilines is 1. The highest BCUT2D eigenvalue weighted by Gasteiger charge is 2.10. The molecule has 0 saturated heterocycles. The third-order valence-corrected chi connectivity index (χ3v) is 1.86. The topological polar surface area (TPSA) is 40.5 Å². The predicted molar refractivity (Wildman–Crippen MR) is 51.2 cm³/mol. The molecule has 0 atom stereocenters. The molecular weight excluding hydrogens is 190 g/mol. The van der Waals surface area contributed by atoms with Gasteiger partial charge in [-0.1, -0.05) is 17.7 Å². The van der Waals surface area contributed by atoms with Crippen LogP contribution in [-0.4, -0.2) is 17.0 Å². The molecule has 1 aromatic rings. The summed E-state index contributed by atoms with van der Waals surface area (Å²) in [7, 11) is 0. The number of benzene rings is 1. The second kappa shape index (κ2) is 4.25. The summed E-state index contributed by atoms with van der Waals surface area (Å²) in [6.45, 7) is 1.93. The lowest BCUT2D eigenvalue weighted by molar-refractivity contribution is -0.121. The molecule has 0 saturated carbocycles. The summed E-state index contributed by atoms with van der Waals surface area (Å²) in [6, 6.07) is 6.92. The average molecular weight is 200 g/mol. The third kappa shape index (κ3) is 2.44. The number of amides is 1. The van der Waals surface area contributed by atoms with Crippen LogP contribution >= 0.6 is 11.6 Å². The van der Waals surface area contributed by atoms with Gasteiger partial charge in [-0.05, 0) is 19.1 Å². The second-order valence-corrected chi connectivity index (χ2v) is 2.94. The van der Waals surface area contributed by atoms with E-state index in [2.05, 4.69) is 0 Å². The first kappa shape index (κ1) is 10.0. The van der Waals surface area contributed by atoms with Crippen molar-refractivity contribution in [2.75, 3.05) is 10.9 Å². The summed E-state index contributed by atoms with van der Waals surface area (Å²) in [6.07, 6.45) is 0. The largest absolute Gasteiger partial charge is 0.281 e. The Kier molecular flexibility index (Phi) is 3.28. The smallest absolute Gasteiger partial charge is 0.265 e. The second-order valence-electron chi connectivity index (χ2n) is 2.67. The van der Waals surface area contributed by atoms with Crippen molar-refractivity contribution in [3.63, 3.8) is 0 Å². The Labute approximate surface area is 81.5 Å². The third-order valence-electron chi connectivity index (χ3n) is 1.63. The standard InChI is InChI=1S/C9H10ClNO2/c1-7-2-4-8(5-3-7)11(13)9(12)6-10/h2-5,13H,6H2,1H3. The van der Waals surface area contributed by atoms with E-state index in [1.807, 2.05) is 6.92 Å². The lowest BCUT2D eigenvalue weighted by atomic mass is 10.2. The normalized spacial score (nSPS) is 9.77. The number of hydrogen-bond acceptors (Lipinski definition) is 2. The number of alkyl halides is 1. The molecule has 0 aliphatic carbocycles. The van der Waals surface area contributed by atoms with E-state index in [4.69, 9.17) is 11.6 Å². The number of rotatable bonds is 2. The highest BCUT2D eigenvalue weighted by atomic mass is 35.5. The fourth-order valence-corrected chi connectivity index (χ4v) is 1.000. The molecule has 0 spiro atoms. The summed E-state index contributed by atoms with van der Waals surface area (Å²) in [5.74, 6) is -0.768. The Hall–Kier alpha value is -1.06. The number of hydroxylamine groups is 1. The van der Waals surface area contributed by atoms with Crippen LogP contribution in [0.25, 0.3) is 0 Å². The molecule has 0 aliphatic heterocycles. The maximum Gasteiger partial charge on any atom is 0.265 e. The molecule has 3 nitrogen and oxygen atoms in total. The van der Waals surface area contributed by atoms with Gasteiger partial charge in [0, 0.05) is 0 Å². The van der Waals surface area contributed by atoms with Crippen molar-refractivity contribution in [3.05, 3.63) is 29.8 Å². The van der Waals surface area contributed by atoms with E-state index in [1.54, 1.807) is 24.3 Å². The van der Waals surface area contributed by atoms with Gasteiger partial charge in [-0.15, -0.1) is 11.6 Å². The van der Waals surface area contributed by atoms with Gasteiger partial charge in [0.25, 0.3) is 5.91 Å². The Balaban J connectivity index is 2.83. The summed E-state index contributed by atoms with van der Waals surface area (Å²) in [5.41, 5.74) is 1.49. The van der Waals surface area contributed by atoms with Crippen molar-refractivity contribution in [2.24, 2.45) is 0 Å². The number of carbonyl (C=O) groups is 1. The SMILES string of the molecule is Cc1ccc(N(O)C(=O)CCl)cc1. The Bertz CT molecular complexity index is 297. The summed E-state index contributed by atoms with van der Waals surface area (Å²) < 4.78 is 0. The minimum Gasteiger partial charge on any atom is -0.281 e. The summed E-state index contributed by atoms with van der Waals surface area (Å²) >= 11 is 5.28. The van der Waals surface area contributed by atoms with Gasteiger partial charge in [0.1, 0.15) is 5.88 Å². The molecule has 1 amide bonds. The van der Waals surface area contributed by atoms with Crippen LogP contribution in [0, 0.1) is 6.92 Å². The van der Waals surface area contributed by atoms with E-state index in [0.29, 0.717) is 10.8 Å². The molecule has 0 aromatic heterocycles. The maximum atomic E-state index is 10.9. The highest BCUT2D eigenvalue weighted by Crippen LogP contribution is 2.13. The number of carbonyl (C=O) groups excluding carboxylic acids is 1. The van der Waals surface area contributed by atoms with Crippen molar-refractivity contribution in [1.29, 1.82) is 0 Å². The molecular formula is C9H10ClNO2. The number of hydrogen-bond donors (Lipinski definition) is 1. The molecule has 0 radical (unpaired) electrons. The zero-order valence-corrected chi connectivity index (χ0v) is 7.95. The zero-order valence-electron chi connectivity index (χ0n) is 7.20. The Morgan fingerprint density at radius 2 is 2.00 bits per heavy atom. The van der Waals surface area contributed by atoms with Gasteiger partial charge in [-0.2, -0.15) is 5.06 Å². The first-order valence-electron chi connectivity index (χ1n) is 3.79. The van der Waals surface area contributed by atoms with Crippen molar-refractivity contribution in [2.45, 2.75) is 6.92 Å². The van der Waals surface area contributed by atoms with Crippen LogP contribution in [0.4, 0.5) is 5.69 Å². The lowest BCUT2D eigenvalue weighted by Crippen LogP contribution is -2.27. The Morgan fingerprint density at radius 3 is 2.46 bits per heavy atom. The van der Waals surface area contributed by atoms with Gasteiger partial charge in [0.05, 0.1) is 5.69 Å². The van der Waals surface area contributed by atoms with Crippen LogP contribution in [0.1, 0.15) is 5.56 Å². The lowest BCUT2D eigenvalue weighted by Gasteiger charge is -2.13. The van der Waals surface area contributed by atoms with Gasteiger partial charge in [-0.25, -0.2) is 0 Å². The van der Waals surface area contributed by atoms with Gasteiger partial charge in [-0.3, -0.25) is 10.0 Å². The highest BCUT2D eigenvalue weighted by molar-refractivity contribution is 6.29. The van der Waals surface area contributed by atoms with Gasteiger partial charge in [0.2, 0.25) is 0 Å². The van der Waals surface area contributed by atoms with Gasteiger partial charge < -0.3 is 0 Å². The molecule has 1 aromatic carbocycles. The first-order chi connectivity index (χ1) is 6.15. The van der Waals surface area contributed by atoms with E-state index < -0.39 is 5.91 Å². The van der Waals surface area contributed by atoms with E-state index in [9.17, 15) is 10.0 Å². The van der Waals surface area contributed by atoms with Crippen molar-refractivity contribution in [1.82, 2.24) is 0 Å². The van der Waals surface area contributed by atoms with E-state index >= 15 is 0 Å². The van der Waals surface area contributed by atoms with Crippen LogP contribution in [0.2, 0.25) is 0 Å². The van der Waals surface area contributed by atoms with E-state index in [-0.39, 0.29) is 5.88 Å². The Morgan fingerprint density at radius 1 is 1.46 bits per heavy atom. The number of aryl methyl sites for hydroxylation is 1. The maximum absolute atomic E-state index is 10.9. The minimum absolute atomic E-state index is 0.232. The quantitative estimate of drug-likeness (QED) is 0.449. The molecule has 4 heteroatoms. The van der Waals surface area contributed by atoms with E-state index in [1.165, 1.54) is 0 Å². The molecule has 1 N–H and O–H groups in total. The predicted octanol–water partition coefficient (Wildman–Crippen LogP) is 1.96. The zero-order chi connectivity index (χ0) is 9.84. The molecule has 0 bridgehead atoms. The van der Waals surface area contributed by atoms with Gasteiger partial charge >= 0.3 is 0 Å². The fourth-order valence-electron chi connectivity index (χ4n) is 0.887. The first-order valence-corrected chi connectivity index (χ1v) is 4.33.